The summed E-state index contributed by atoms with van der Waals surface area (Å²) in [5.74, 6) is 1.26. The van der Waals surface area contributed by atoms with Crippen molar-refractivity contribution in [3.63, 3.8) is 0 Å². The van der Waals surface area contributed by atoms with Crippen LogP contribution in [0.2, 0.25) is 5.02 Å². The first-order valence-corrected chi connectivity index (χ1v) is 11.1. The van der Waals surface area contributed by atoms with Gasteiger partial charge in [0.2, 0.25) is 0 Å². The number of hydrogen-bond donors (Lipinski definition) is 1. The maximum atomic E-state index is 12.3. The van der Waals surface area contributed by atoms with Gasteiger partial charge in [0.05, 0.1) is 5.75 Å². The quantitative estimate of drug-likeness (QED) is 0.628. The van der Waals surface area contributed by atoms with Gasteiger partial charge in [0.15, 0.2) is 5.76 Å². The van der Waals surface area contributed by atoms with Crippen molar-refractivity contribution in [2.24, 2.45) is 0 Å². The molecule has 0 unspecified atom stereocenters. The summed E-state index contributed by atoms with van der Waals surface area (Å²) in [7, 11) is -1.13. The largest absolute Gasteiger partial charge is 0.455 e. The Balaban J connectivity index is 1.46. The summed E-state index contributed by atoms with van der Waals surface area (Å²) in [6, 6.07) is 10.7. The van der Waals surface area contributed by atoms with Gasteiger partial charge >= 0.3 is 0 Å². The molecule has 0 spiro atoms. The average Bonchev–Trinajstić information content (AvgIpc) is 3.11. The molecule has 1 aliphatic carbocycles. The molecule has 1 N–H and O–H groups in total. The van der Waals surface area contributed by atoms with Gasteiger partial charge in [-0.25, -0.2) is 0 Å². The van der Waals surface area contributed by atoms with Gasteiger partial charge in [-0.1, -0.05) is 35.4 Å². The monoisotopic (exact) mass is 405 g/mol. The third-order valence-corrected chi connectivity index (χ3v) is 6.02. The summed E-state index contributed by atoms with van der Waals surface area (Å²) in [4.78, 5) is 12.2. The van der Waals surface area contributed by atoms with Crippen LogP contribution in [-0.2, 0) is 22.3 Å². The van der Waals surface area contributed by atoms with Crippen LogP contribution in [0.1, 0.15) is 54.0 Å². The highest BCUT2D eigenvalue weighted by Crippen LogP contribution is 2.19. The number of carbonyl (C=O) groups is 1. The first-order valence-electron chi connectivity index (χ1n) is 9.24. The Morgan fingerprint density at radius 2 is 2.07 bits per heavy atom. The molecule has 0 saturated carbocycles. The van der Waals surface area contributed by atoms with E-state index in [2.05, 4.69) is 11.4 Å². The molecule has 4 nitrogen and oxygen atoms in total. The van der Waals surface area contributed by atoms with E-state index in [0.717, 1.165) is 24.8 Å². The molecule has 1 aliphatic rings. The molecule has 3 rings (SSSR count). The van der Waals surface area contributed by atoms with Gasteiger partial charge in [-0.15, -0.1) is 0 Å². The number of rotatable bonds is 8. The van der Waals surface area contributed by atoms with Gasteiger partial charge in [-0.05, 0) is 61.9 Å². The minimum atomic E-state index is -1.13. The average molecular weight is 406 g/mol. The molecule has 0 radical (unpaired) electrons. The number of furan rings is 1. The van der Waals surface area contributed by atoms with E-state index in [0.29, 0.717) is 23.1 Å². The van der Waals surface area contributed by atoms with Crippen LogP contribution in [-0.4, -0.2) is 16.7 Å². The lowest BCUT2D eigenvalue weighted by atomic mass is 9.97. The van der Waals surface area contributed by atoms with E-state index in [1.54, 1.807) is 18.2 Å². The summed E-state index contributed by atoms with van der Waals surface area (Å²) in [6.45, 7) is 0.612. The van der Waals surface area contributed by atoms with Crippen LogP contribution in [0.5, 0.6) is 0 Å². The summed E-state index contributed by atoms with van der Waals surface area (Å²) in [5.41, 5.74) is 2.35. The Bertz CT molecular complexity index is 843. The minimum absolute atomic E-state index is 0.224. The lowest BCUT2D eigenvalue weighted by Gasteiger charge is -2.12. The van der Waals surface area contributed by atoms with E-state index in [4.69, 9.17) is 16.0 Å². The number of hydrogen-bond acceptors (Lipinski definition) is 3. The molecule has 1 aromatic heterocycles. The Hall–Kier alpha value is -1.85. The Morgan fingerprint density at radius 1 is 1.19 bits per heavy atom. The van der Waals surface area contributed by atoms with Crippen molar-refractivity contribution in [3.05, 3.63) is 70.2 Å². The molecule has 1 heterocycles. The molecule has 1 atom stereocenters. The van der Waals surface area contributed by atoms with E-state index in [1.807, 2.05) is 18.2 Å². The van der Waals surface area contributed by atoms with E-state index < -0.39 is 10.8 Å². The number of nitrogens with one attached hydrogen (secondary N) is 1. The fourth-order valence-electron chi connectivity index (χ4n) is 3.16. The highest BCUT2D eigenvalue weighted by molar-refractivity contribution is 7.83. The first-order chi connectivity index (χ1) is 13.1. The van der Waals surface area contributed by atoms with Gasteiger partial charge in [0.1, 0.15) is 5.76 Å². The van der Waals surface area contributed by atoms with E-state index >= 15 is 0 Å². The fraction of sp³-hybridized carbons (Fsp3) is 0.381. The summed E-state index contributed by atoms with van der Waals surface area (Å²) in [6.07, 6.45) is 7.98. The second-order valence-corrected chi connectivity index (χ2v) is 8.63. The summed E-state index contributed by atoms with van der Waals surface area (Å²) < 4.78 is 17.9. The zero-order chi connectivity index (χ0) is 19.1. The number of halogens is 1. The lowest BCUT2D eigenvalue weighted by Crippen LogP contribution is -2.24. The fourth-order valence-corrected chi connectivity index (χ4v) is 4.49. The Labute approximate surface area is 167 Å². The molecule has 6 heteroatoms. The lowest BCUT2D eigenvalue weighted by molar-refractivity contribution is 0.0925. The molecular weight excluding hydrogens is 382 g/mol. The SMILES string of the molecule is O=C(NCCC1=CCCCC1)c1ccc(C[S@](=O)Cc2cccc(Cl)c2)o1. The zero-order valence-electron chi connectivity index (χ0n) is 15.2. The molecule has 27 heavy (non-hydrogen) atoms. The van der Waals surface area contributed by atoms with E-state index in [1.165, 1.54) is 18.4 Å². The number of allylic oxidation sites excluding steroid dienone is 1. The van der Waals surface area contributed by atoms with Gasteiger partial charge < -0.3 is 9.73 Å². The van der Waals surface area contributed by atoms with Crippen LogP contribution in [0.3, 0.4) is 0 Å². The van der Waals surface area contributed by atoms with Gasteiger partial charge in [-0.2, -0.15) is 0 Å². The maximum absolute atomic E-state index is 12.3. The smallest absolute Gasteiger partial charge is 0.287 e. The molecule has 0 fully saturated rings. The van der Waals surface area contributed by atoms with Crippen molar-refractivity contribution in [2.45, 2.75) is 43.6 Å². The van der Waals surface area contributed by atoms with Gasteiger partial charge in [-0.3, -0.25) is 9.00 Å². The van der Waals surface area contributed by atoms with Crippen molar-refractivity contribution in [2.75, 3.05) is 6.54 Å². The van der Waals surface area contributed by atoms with Crippen LogP contribution >= 0.6 is 11.6 Å². The molecule has 1 amide bonds. The third kappa shape index (κ3) is 6.36. The van der Waals surface area contributed by atoms with Crippen molar-refractivity contribution in [1.29, 1.82) is 0 Å². The standard InChI is InChI=1S/C21H24ClNO3S/c22-18-8-4-7-17(13-18)14-27(25)15-19-9-10-20(26-19)21(24)23-12-11-16-5-2-1-3-6-16/h4-5,7-10,13H,1-3,6,11-12,14-15H2,(H,23,24)/t27-/m1/s1. The minimum Gasteiger partial charge on any atom is -0.455 e. The van der Waals surface area contributed by atoms with Crippen LogP contribution in [0.15, 0.2) is 52.5 Å². The molecule has 144 valence electrons. The Kier molecular flexibility index (Phi) is 7.30. The zero-order valence-corrected chi connectivity index (χ0v) is 16.8. The normalized spacial score (nSPS) is 15.2. The third-order valence-electron chi connectivity index (χ3n) is 4.52. The molecule has 2 aromatic rings. The van der Waals surface area contributed by atoms with Crippen LogP contribution in [0, 0.1) is 0 Å². The topological polar surface area (TPSA) is 59.3 Å². The van der Waals surface area contributed by atoms with Crippen molar-refractivity contribution >= 4 is 28.3 Å². The molecular formula is C21H24ClNO3S. The molecule has 0 aliphatic heterocycles. The number of benzene rings is 1. The van der Waals surface area contributed by atoms with Crippen LogP contribution in [0.4, 0.5) is 0 Å². The van der Waals surface area contributed by atoms with E-state index in [-0.39, 0.29) is 17.4 Å². The van der Waals surface area contributed by atoms with E-state index in [9.17, 15) is 9.00 Å². The van der Waals surface area contributed by atoms with Crippen LogP contribution < -0.4 is 5.32 Å². The highest BCUT2D eigenvalue weighted by Gasteiger charge is 2.13. The maximum Gasteiger partial charge on any atom is 0.287 e. The summed E-state index contributed by atoms with van der Waals surface area (Å²) >= 11 is 5.95. The molecule has 0 bridgehead atoms. The molecule has 0 saturated heterocycles. The Morgan fingerprint density at radius 3 is 2.85 bits per heavy atom. The van der Waals surface area contributed by atoms with Crippen molar-refractivity contribution < 1.29 is 13.4 Å². The second-order valence-electron chi connectivity index (χ2n) is 6.74. The van der Waals surface area contributed by atoms with Crippen molar-refractivity contribution in [1.82, 2.24) is 5.32 Å². The number of carbonyl (C=O) groups excluding carboxylic acids is 1. The van der Waals surface area contributed by atoms with Gasteiger partial charge in [0.25, 0.3) is 5.91 Å². The molecule has 1 aromatic carbocycles. The van der Waals surface area contributed by atoms with Crippen molar-refractivity contribution in [3.8, 4) is 0 Å². The van der Waals surface area contributed by atoms with Crippen LogP contribution in [0.25, 0.3) is 0 Å². The predicted molar refractivity (Wildman–Crippen MR) is 109 cm³/mol. The second kappa shape index (κ2) is 9.90. The van der Waals surface area contributed by atoms with Gasteiger partial charge in [0, 0.05) is 28.1 Å². The first kappa shape index (κ1) is 19.9. The number of amides is 1. The summed E-state index contributed by atoms with van der Waals surface area (Å²) in [5, 5.41) is 3.52. The predicted octanol–water partition coefficient (Wildman–Crippen LogP) is 5.00. The highest BCUT2D eigenvalue weighted by atomic mass is 35.5.